The van der Waals surface area contributed by atoms with Crippen LogP contribution in [-0.4, -0.2) is 43.6 Å². The van der Waals surface area contributed by atoms with Crippen molar-refractivity contribution in [3.05, 3.63) is 42.1 Å². The van der Waals surface area contributed by atoms with Gasteiger partial charge in [-0.25, -0.2) is 4.98 Å². The zero-order chi connectivity index (χ0) is 20.9. The fraction of sp³-hybridized carbons (Fsp3) is 0.429. The number of benzene rings is 1. The summed E-state index contributed by atoms with van der Waals surface area (Å²) < 4.78 is 23.9. The highest BCUT2D eigenvalue weighted by Crippen LogP contribution is 2.36. The summed E-state index contributed by atoms with van der Waals surface area (Å²) in [5, 5.41) is 0.140. The lowest BCUT2D eigenvalue weighted by Crippen LogP contribution is -2.41. The lowest BCUT2D eigenvalue weighted by Gasteiger charge is -2.36. The van der Waals surface area contributed by atoms with E-state index in [9.17, 15) is 9.35 Å². The van der Waals surface area contributed by atoms with Crippen LogP contribution >= 0.6 is 0 Å². The number of hydrogen-bond donors (Lipinski definition) is 0. The number of rotatable bonds is 8. The molecule has 2 rings (SSSR count). The molecule has 0 saturated carbocycles. The molecule has 1 unspecified atom stereocenters. The second kappa shape index (κ2) is 9.22. The van der Waals surface area contributed by atoms with Crippen molar-refractivity contribution in [3.8, 4) is 17.0 Å². The Labute approximate surface area is 171 Å². The fourth-order valence-corrected chi connectivity index (χ4v) is 3.93. The van der Waals surface area contributed by atoms with Crippen molar-refractivity contribution < 1.29 is 18.5 Å². The predicted octanol–water partition coefficient (Wildman–Crippen LogP) is 4.70. The standard InChI is InChI=1S/C21H29NO4SSi/c1-21(2,3)28(5,6)26-13-12-25-19-11-10-17(15-23)22-20(19)16-8-7-9-18(14-16)27(4)24/h7-11,14-15H,12-13H2,1-6H3. The number of aromatic nitrogens is 1. The van der Waals surface area contributed by atoms with Gasteiger partial charge in [0.05, 0.1) is 6.61 Å². The monoisotopic (exact) mass is 419 g/mol. The van der Waals surface area contributed by atoms with Crippen LogP contribution in [-0.2, 0) is 15.6 Å². The molecule has 1 aromatic heterocycles. The van der Waals surface area contributed by atoms with Crippen molar-refractivity contribution in [2.45, 2.75) is 43.8 Å². The van der Waals surface area contributed by atoms with Crippen LogP contribution in [0.1, 0.15) is 31.3 Å². The first-order valence-electron chi connectivity index (χ1n) is 9.22. The van der Waals surface area contributed by atoms with Gasteiger partial charge in [0.2, 0.25) is 0 Å². The first-order valence-corrected chi connectivity index (χ1v) is 13.7. The average molecular weight is 420 g/mol. The van der Waals surface area contributed by atoms with Gasteiger partial charge < -0.3 is 13.7 Å². The normalized spacial score (nSPS) is 13.2. The summed E-state index contributed by atoms with van der Waals surface area (Å²) in [4.78, 5) is 16.3. The summed E-state index contributed by atoms with van der Waals surface area (Å²) >= 11 is -1.11. The Morgan fingerprint density at radius 3 is 2.50 bits per heavy atom. The minimum absolute atomic E-state index is 0.140. The third kappa shape index (κ3) is 5.67. The van der Waals surface area contributed by atoms with Crippen LogP contribution in [0.25, 0.3) is 11.3 Å². The minimum atomic E-state index is -1.83. The maximum absolute atomic E-state index is 11.8. The molecule has 0 amide bonds. The molecule has 0 radical (unpaired) electrons. The summed E-state index contributed by atoms with van der Waals surface area (Å²) in [5.74, 6) is 0.573. The summed E-state index contributed by atoms with van der Waals surface area (Å²) in [6.45, 7) is 11.9. The van der Waals surface area contributed by atoms with Crippen molar-refractivity contribution >= 4 is 25.8 Å². The van der Waals surface area contributed by atoms with Gasteiger partial charge in [-0.05, 0) is 47.5 Å². The fourth-order valence-electron chi connectivity index (χ4n) is 2.34. The van der Waals surface area contributed by atoms with Gasteiger partial charge in [0.25, 0.3) is 0 Å². The van der Waals surface area contributed by atoms with Gasteiger partial charge in [0.15, 0.2) is 19.5 Å². The number of pyridine rings is 1. The maximum Gasteiger partial charge on any atom is 0.192 e. The van der Waals surface area contributed by atoms with E-state index in [0.29, 0.717) is 41.5 Å². The Bertz CT molecular complexity index is 818. The van der Waals surface area contributed by atoms with E-state index in [1.54, 1.807) is 24.5 Å². The number of carbonyl (C=O) groups is 1. The molecule has 0 fully saturated rings. The quantitative estimate of drug-likeness (QED) is 0.268. The first kappa shape index (κ1) is 22.6. The molecular formula is C21H29NO4SSi. The summed E-state index contributed by atoms with van der Waals surface area (Å²) in [7, 11) is -1.83. The molecule has 2 aromatic rings. The van der Waals surface area contributed by atoms with E-state index in [1.807, 2.05) is 18.2 Å². The van der Waals surface area contributed by atoms with Gasteiger partial charge in [0, 0.05) is 11.6 Å². The lowest BCUT2D eigenvalue weighted by molar-refractivity contribution is 0.111. The molecule has 0 aliphatic carbocycles. The van der Waals surface area contributed by atoms with Crippen molar-refractivity contribution in [3.63, 3.8) is 0 Å². The van der Waals surface area contributed by atoms with Gasteiger partial charge in [-0.3, -0.25) is 4.79 Å². The Balaban J connectivity index is 2.19. The molecule has 0 spiro atoms. The number of hydrogen-bond acceptors (Lipinski definition) is 5. The van der Waals surface area contributed by atoms with Crippen molar-refractivity contribution in [2.24, 2.45) is 0 Å². The minimum Gasteiger partial charge on any atom is -0.612 e. The third-order valence-electron chi connectivity index (χ3n) is 5.05. The molecule has 152 valence electrons. The number of aldehydes is 1. The molecule has 5 nitrogen and oxygen atoms in total. The lowest BCUT2D eigenvalue weighted by atomic mass is 10.1. The highest BCUT2D eigenvalue weighted by atomic mass is 32.2. The molecule has 1 aromatic carbocycles. The molecule has 1 heterocycles. The summed E-state index contributed by atoms with van der Waals surface area (Å²) in [5.41, 5.74) is 1.64. The van der Waals surface area contributed by atoms with Crippen LogP contribution in [0.3, 0.4) is 0 Å². The smallest absolute Gasteiger partial charge is 0.192 e. The van der Waals surface area contributed by atoms with Crippen LogP contribution < -0.4 is 4.74 Å². The van der Waals surface area contributed by atoms with E-state index >= 15 is 0 Å². The highest BCUT2D eigenvalue weighted by Gasteiger charge is 2.36. The summed E-state index contributed by atoms with van der Waals surface area (Å²) in [6, 6.07) is 10.7. The Morgan fingerprint density at radius 1 is 1.18 bits per heavy atom. The molecule has 0 N–H and O–H groups in total. The molecule has 0 aliphatic rings. The van der Waals surface area contributed by atoms with Crippen LogP contribution in [0, 0.1) is 0 Å². The van der Waals surface area contributed by atoms with Gasteiger partial charge in [-0.2, -0.15) is 0 Å². The van der Waals surface area contributed by atoms with Crippen LogP contribution in [0.2, 0.25) is 18.1 Å². The molecule has 0 saturated heterocycles. The molecule has 28 heavy (non-hydrogen) atoms. The molecule has 1 atom stereocenters. The molecule has 7 heteroatoms. The van der Waals surface area contributed by atoms with Crippen molar-refractivity contribution in [1.29, 1.82) is 0 Å². The summed E-state index contributed by atoms with van der Waals surface area (Å²) in [6.07, 6.45) is 2.33. The predicted molar refractivity (Wildman–Crippen MR) is 116 cm³/mol. The van der Waals surface area contributed by atoms with E-state index in [-0.39, 0.29) is 5.04 Å². The van der Waals surface area contributed by atoms with Crippen molar-refractivity contribution in [2.75, 3.05) is 19.5 Å². The van der Waals surface area contributed by atoms with E-state index in [4.69, 9.17) is 9.16 Å². The Hall–Kier alpha value is -1.67. The second-order valence-corrected chi connectivity index (χ2v) is 14.3. The Kier molecular flexibility index (Phi) is 7.44. The molecule has 0 bridgehead atoms. The first-order chi connectivity index (χ1) is 13.0. The van der Waals surface area contributed by atoms with E-state index in [2.05, 4.69) is 38.8 Å². The maximum atomic E-state index is 11.8. The molecular weight excluding hydrogens is 390 g/mol. The topological polar surface area (TPSA) is 71.5 Å². The Morgan fingerprint density at radius 2 is 1.89 bits per heavy atom. The average Bonchev–Trinajstić information content (AvgIpc) is 2.64. The number of nitrogens with zero attached hydrogens (tertiary/aromatic N) is 1. The van der Waals surface area contributed by atoms with Crippen LogP contribution in [0.4, 0.5) is 0 Å². The van der Waals surface area contributed by atoms with Gasteiger partial charge in [0.1, 0.15) is 30.0 Å². The van der Waals surface area contributed by atoms with E-state index in [0.717, 1.165) is 5.56 Å². The zero-order valence-corrected chi connectivity index (χ0v) is 19.3. The largest absolute Gasteiger partial charge is 0.612 e. The molecule has 0 aliphatic heterocycles. The van der Waals surface area contributed by atoms with E-state index < -0.39 is 19.5 Å². The third-order valence-corrected chi connectivity index (χ3v) is 10.5. The van der Waals surface area contributed by atoms with Crippen LogP contribution in [0.5, 0.6) is 5.75 Å². The number of carbonyl (C=O) groups excluding carboxylic acids is 1. The van der Waals surface area contributed by atoms with Gasteiger partial charge in [-0.1, -0.05) is 32.9 Å². The van der Waals surface area contributed by atoms with Gasteiger partial charge in [-0.15, -0.1) is 0 Å². The zero-order valence-electron chi connectivity index (χ0n) is 17.4. The van der Waals surface area contributed by atoms with Crippen LogP contribution in [0.15, 0.2) is 41.3 Å². The van der Waals surface area contributed by atoms with Gasteiger partial charge >= 0.3 is 0 Å². The van der Waals surface area contributed by atoms with Crippen molar-refractivity contribution in [1.82, 2.24) is 4.98 Å². The second-order valence-electron chi connectivity index (χ2n) is 8.14. The number of ether oxygens (including phenoxy) is 1. The highest BCUT2D eigenvalue weighted by molar-refractivity contribution is 7.90. The van der Waals surface area contributed by atoms with E-state index in [1.165, 1.54) is 0 Å². The SMILES string of the molecule is C[S+]([O-])c1cccc(-c2nc(C=O)ccc2OCCO[Si](C)(C)C(C)(C)C)c1.